The molecular formula is C29H25BrN8O2. The van der Waals surface area contributed by atoms with Crippen LogP contribution in [0, 0.1) is 5.41 Å². The van der Waals surface area contributed by atoms with Gasteiger partial charge in [0.2, 0.25) is 11.8 Å². The van der Waals surface area contributed by atoms with Gasteiger partial charge in [0.1, 0.15) is 46.3 Å². The van der Waals surface area contributed by atoms with Crippen molar-refractivity contribution in [2.45, 2.75) is 38.4 Å². The highest BCUT2D eigenvalue weighted by Gasteiger charge is 2.64. The number of anilines is 2. The minimum absolute atomic E-state index is 0.00564. The number of rotatable bonds is 5. The van der Waals surface area contributed by atoms with Gasteiger partial charge in [-0.2, -0.15) is 0 Å². The van der Waals surface area contributed by atoms with E-state index in [9.17, 15) is 9.59 Å². The number of fused-ring (bicyclic) bond motifs is 4. The first-order valence-corrected chi connectivity index (χ1v) is 13.8. The summed E-state index contributed by atoms with van der Waals surface area (Å²) in [5.41, 5.74) is 9.89. The summed E-state index contributed by atoms with van der Waals surface area (Å²) >= 11 is 3.34. The lowest BCUT2D eigenvalue weighted by molar-refractivity contribution is -0.138. The summed E-state index contributed by atoms with van der Waals surface area (Å²) in [5.74, 6) is 0.341. The van der Waals surface area contributed by atoms with Gasteiger partial charge in [0.25, 0.3) is 0 Å². The molecule has 3 N–H and O–H groups in total. The van der Waals surface area contributed by atoms with Crippen molar-refractivity contribution in [3.8, 4) is 11.3 Å². The number of amides is 2. The number of aromatic nitrogens is 5. The number of piperidine rings is 1. The summed E-state index contributed by atoms with van der Waals surface area (Å²) in [6.07, 6.45) is 2.88. The van der Waals surface area contributed by atoms with Gasteiger partial charge in [0, 0.05) is 11.6 Å². The van der Waals surface area contributed by atoms with E-state index in [2.05, 4.69) is 43.1 Å². The third kappa shape index (κ3) is 4.00. The van der Waals surface area contributed by atoms with Crippen molar-refractivity contribution in [3.63, 3.8) is 0 Å². The number of carbonyl (C=O) groups is 2. The molecule has 5 aromatic rings. The molecular weight excluding hydrogens is 572 g/mol. The highest BCUT2D eigenvalue weighted by molar-refractivity contribution is 9.10. The molecule has 1 aliphatic heterocycles. The average molecular weight is 597 g/mol. The van der Waals surface area contributed by atoms with Crippen molar-refractivity contribution in [2.24, 2.45) is 5.41 Å². The fourth-order valence-electron chi connectivity index (χ4n) is 5.98. The van der Waals surface area contributed by atoms with Crippen molar-refractivity contribution in [3.05, 3.63) is 71.6 Å². The van der Waals surface area contributed by atoms with E-state index in [1.165, 1.54) is 6.33 Å². The van der Waals surface area contributed by atoms with Gasteiger partial charge in [0.05, 0.1) is 16.6 Å². The third-order valence-corrected chi connectivity index (χ3v) is 8.51. The smallest absolute Gasteiger partial charge is 0.248 e. The van der Waals surface area contributed by atoms with E-state index in [1.807, 2.05) is 47.0 Å². The Morgan fingerprint density at radius 1 is 1.05 bits per heavy atom. The van der Waals surface area contributed by atoms with E-state index >= 15 is 0 Å². The fraction of sp³-hybridized carbons (Fsp3) is 0.241. The molecule has 3 atom stereocenters. The monoisotopic (exact) mass is 596 g/mol. The number of nitrogen functional groups attached to an aromatic ring is 1. The van der Waals surface area contributed by atoms with Crippen molar-refractivity contribution >= 4 is 61.4 Å². The van der Waals surface area contributed by atoms with Gasteiger partial charge >= 0.3 is 0 Å². The first-order valence-electron chi connectivity index (χ1n) is 13.0. The van der Waals surface area contributed by atoms with Crippen LogP contribution in [0.2, 0.25) is 0 Å². The second kappa shape index (κ2) is 9.09. The standard InChI is InChI=1S/C29H25BrN8O2/c1-29-12-19(28(40)36-22-9-5-8-21(30)35-22)38(20(29)13-29)23(39)14-37-18-11-10-17(16-6-3-2-4-7-16)34-25(18)24-26(31)32-15-33-27(24)37/h2-11,15,19-20H,12-14H2,1H3,(H2,31,32,33)(H,35,36,40)/t19-,20?,29-/m0/s1. The molecule has 1 aromatic carbocycles. The van der Waals surface area contributed by atoms with Gasteiger partial charge in [-0.25, -0.2) is 19.9 Å². The van der Waals surface area contributed by atoms with Crippen molar-refractivity contribution < 1.29 is 9.59 Å². The number of nitrogens with one attached hydrogen (secondary N) is 1. The number of benzene rings is 1. The summed E-state index contributed by atoms with van der Waals surface area (Å²) < 4.78 is 2.45. The Morgan fingerprint density at radius 2 is 1.88 bits per heavy atom. The Bertz CT molecular complexity index is 1820. The quantitative estimate of drug-likeness (QED) is 0.287. The topological polar surface area (TPSA) is 132 Å². The van der Waals surface area contributed by atoms with Crippen molar-refractivity contribution in [1.82, 2.24) is 29.4 Å². The Hall–Kier alpha value is -4.38. The van der Waals surface area contributed by atoms with Crippen LogP contribution in [0.3, 0.4) is 0 Å². The predicted molar refractivity (Wildman–Crippen MR) is 155 cm³/mol. The Morgan fingerprint density at radius 3 is 2.67 bits per heavy atom. The number of pyridine rings is 2. The van der Waals surface area contributed by atoms with Gasteiger partial charge in [-0.15, -0.1) is 0 Å². The lowest BCUT2D eigenvalue weighted by Crippen LogP contribution is -2.46. The van der Waals surface area contributed by atoms with Crippen LogP contribution >= 0.6 is 15.9 Å². The lowest BCUT2D eigenvalue weighted by Gasteiger charge is -2.27. The molecule has 7 rings (SSSR count). The molecule has 10 nitrogen and oxygen atoms in total. The van der Waals surface area contributed by atoms with Crippen LogP contribution in [-0.2, 0) is 16.1 Å². The average Bonchev–Trinajstić information content (AvgIpc) is 3.35. The summed E-state index contributed by atoms with van der Waals surface area (Å²) in [4.78, 5) is 47.0. The van der Waals surface area contributed by atoms with E-state index in [4.69, 9.17) is 10.7 Å². The van der Waals surface area contributed by atoms with E-state index < -0.39 is 6.04 Å². The molecule has 1 aliphatic carbocycles. The SMILES string of the molecule is C[C@]12CC1N(C(=O)Cn1c3ccc(-c4ccccc4)nc3c3c(N)ncnc31)[C@H](C(=O)Nc1cccc(Br)n1)C2. The van der Waals surface area contributed by atoms with Crippen LogP contribution in [0.15, 0.2) is 71.6 Å². The largest absolute Gasteiger partial charge is 0.383 e. The Kier molecular flexibility index (Phi) is 5.60. The number of halogens is 1. The number of hydrogen-bond donors (Lipinski definition) is 2. The molecule has 1 saturated carbocycles. The van der Waals surface area contributed by atoms with Crippen molar-refractivity contribution in [2.75, 3.05) is 11.1 Å². The van der Waals surface area contributed by atoms with Crippen LogP contribution in [0.25, 0.3) is 33.3 Å². The zero-order valence-corrected chi connectivity index (χ0v) is 23.2. The van der Waals surface area contributed by atoms with E-state index in [0.717, 1.165) is 23.2 Å². The minimum atomic E-state index is -0.590. The highest BCUT2D eigenvalue weighted by Crippen LogP contribution is 2.59. The van der Waals surface area contributed by atoms with Gasteiger partial charge in [-0.3, -0.25) is 9.59 Å². The summed E-state index contributed by atoms with van der Waals surface area (Å²) in [7, 11) is 0. The second-order valence-electron chi connectivity index (χ2n) is 10.7. The van der Waals surface area contributed by atoms with Gasteiger partial charge < -0.3 is 20.5 Å². The summed E-state index contributed by atoms with van der Waals surface area (Å²) in [6, 6.07) is 18.5. The molecule has 2 amide bonds. The maximum Gasteiger partial charge on any atom is 0.248 e. The predicted octanol–water partition coefficient (Wildman–Crippen LogP) is 4.40. The van der Waals surface area contributed by atoms with Crippen LogP contribution in [0.1, 0.15) is 19.8 Å². The number of hydrogen-bond acceptors (Lipinski definition) is 7. The molecule has 0 radical (unpaired) electrons. The van der Waals surface area contributed by atoms with Gasteiger partial charge in [-0.1, -0.05) is 43.3 Å². The summed E-state index contributed by atoms with van der Waals surface area (Å²) in [6.45, 7) is 2.13. The molecule has 1 saturated heterocycles. The third-order valence-electron chi connectivity index (χ3n) is 8.07. The molecule has 2 fully saturated rings. The van der Waals surface area contributed by atoms with E-state index in [0.29, 0.717) is 39.2 Å². The Balaban J connectivity index is 1.24. The van der Waals surface area contributed by atoms with E-state index in [-0.39, 0.29) is 29.8 Å². The first kappa shape index (κ1) is 24.6. The van der Waals surface area contributed by atoms with E-state index in [1.54, 1.807) is 23.1 Å². The lowest BCUT2D eigenvalue weighted by atomic mass is 10.0. The molecule has 0 bridgehead atoms. The number of likely N-dealkylation sites (tertiary alicyclic amines) is 1. The van der Waals surface area contributed by atoms with Gasteiger partial charge in [-0.05, 0) is 58.5 Å². The molecule has 0 spiro atoms. The summed E-state index contributed by atoms with van der Waals surface area (Å²) in [5, 5.41) is 3.49. The van der Waals surface area contributed by atoms with Crippen LogP contribution in [0.4, 0.5) is 11.6 Å². The van der Waals surface area contributed by atoms with Crippen molar-refractivity contribution in [1.29, 1.82) is 0 Å². The van der Waals surface area contributed by atoms with Crippen LogP contribution in [0.5, 0.6) is 0 Å². The zero-order valence-electron chi connectivity index (χ0n) is 21.6. The highest BCUT2D eigenvalue weighted by atomic mass is 79.9. The molecule has 40 heavy (non-hydrogen) atoms. The maximum absolute atomic E-state index is 14.0. The fourth-order valence-corrected chi connectivity index (χ4v) is 6.33. The molecule has 200 valence electrons. The molecule has 4 aromatic heterocycles. The number of carbonyl (C=O) groups excluding carboxylic acids is 2. The number of nitrogens with two attached hydrogens (primary N) is 1. The molecule has 11 heteroatoms. The molecule has 2 aliphatic rings. The number of nitrogens with zero attached hydrogens (tertiary/aromatic N) is 6. The first-order chi connectivity index (χ1) is 19.3. The maximum atomic E-state index is 14.0. The minimum Gasteiger partial charge on any atom is -0.383 e. The van der Waals surface area contributed by atoms with Crippen LogP contribution < -0.4 is 11.1 Å². The van der Waals surface area contributed by atoms with Crippen LogP contribution in [-0.4, -0.2) is 53.3 Å². The Labute approximate surface area is 237 Å². The molecule has 1 unspecified atom stereocenters. The second-order valence-corrected chi connectivity index (χ2v) is 11.5. The molecule has 5 heterocycles. The normalized spacial score (nSPS) is 21.5. The van der Waals surface area contributed by atoms with Gasteiger partial charge in [0.15, 0.2) is 0 Å². The zero-order chi connectivity index (χ0) is 27.6.